The second-order valence-electron chi connectivity index (χ2n) is 9.59. The van der Waals surface area contributed by atoms with E-state index in [1.54, 1.807) is 24.3 Å². The lowest BCUT2D eigenvalue weighted by atomic mass is 10.0. The largest absolute Gasteiger partial charge is 0.535 e. The highest BCUT2D eigenvalue weighted by atomic mass is 32.1. The Kier molecular flexibility index (Phi) is 7.94. The van der Waals surface area contributed by atoms with Crippen molar-refractivity contribution in [1.82, 2.24) is 8.75 Å². The number of hydrogen-bond acceptors (Lipinski definition) is 11. The first kappa shape index (κ1) is 30.6. The van der Waals surface area contributed by atoms with Gasteiger partial charge in [-0.3, -0.25) is 9.47 Å². The van der Waals surface area contributed by atoms with Crippen LogP contribution < -0.4 is 9.47 Å². The Balaban J connectivity index is 1.21. The molecule has 3 aromatic heterocycles. The van der Waals surface area contributed by atoms with E-state index in [0.29, 0.717) is 22.4 Å². The summed E-state index contributed by atoms with van der Waals surface area (Å²) in [6.07, 6.45) is -7.44. The second-order valence-corrected chi connectivity index (χ2v) is 12.8. The van der Waals surface area contributed by atoms with Crippen molar-refractivity contribution in [3.05, 3.63) is 72.8 Å². The molecule has 234 valence electrons. The van der Waals surface area contributed by atoms with E-state index in [-0.39, 0.29) is 11.5 Å². The number of thiophene rings is 2. The van der Waals surface area contributed by atoms with Gasteiger partial charge in [0.25, 0.3) is 0 Å². The number of rotatable bonds is 10. The summed E-state index contributed by atoms with van der Waals surface area (Å²) in [5.41, 5.74) is 6.02. The molecular weight excluding hydrogens is 685 g/mol. The predicted molar refractivity (Wildman–Crippen MR) is 172 cm³/mol. The van der Waals surface area contributed by atoms with Gasteiger partial charge in [0.1, 0.15) is 33.9 Å². The maximum Gasteiger partial charge on any atom is 0.535 e. The molecule has 0 radical (unpaired) electrons. The van der Waals surface area contributed by atoms with Crippen molar-refractivity contribution in [2.45, 2.75) is 12.6 Å². The average Bonchev–Trinajstić information content (AvgIpc) is 3.88. The van der Waals surface area contributed by atoms with Gasteiger partial charge in [-0.05, 0) is 83.9 Å². The van der Waals surface area contributed by atoms with Crippen LogP contribution >= 0.6 is 34.4 Å². The van der Waals surface area contributed by atoms with E-state index in [2.05, 4.69) is 36.4 Å². The number of hydrogen-bond donors (Lipinski definition) is 0. The maximum atomic E-state index is 13.4. The van der Waals surface area contributed by atoms with Gasteiger partial charge in [-0.15, -0.1) is 40.2 Å². The van der Waals surface area contributed by atoms with Crippen LogP contribution in [0.4, 0.5) is 28.9 Å². The van der Waals surface area contributed by atoms with Gasteiger partial charge >= 0.3 is 12.6 Å². The first-order valence-corrected chi connectivity index (χ1v) is 16.3. The zero-order valence-corrected chi connectivity index (χ0v) is 26.8. The quantitative estimate of drug-likeness (QED) is 0.104. The molecule has 0 aliphatic carbocycles. The Morgan fingerprint density at radius 3 is 1.33 bits per heavy atom. The number of fused-ring (bicyclic) bond motifs is 2. The molecule has 1 aliphatic rings. The third-order valence-corrected chi connectivity index (χ3v) is 10.2. The van der Waals surface area contributed by atoms with Crippen molar-refractivity contribution in [2.75, 3.05) is 14.2 Å². The molecule has 0 amide bonds. The fourth-order valence-corrected chi connectivity index (χ4v) is 7.95. The molecule has 7 rings (SSSR count). The standard InChI is InChI=1S/C30H18F4N4O4S4/c1-39-29(31,32)41-17-7-3-15(4-8-17)19-11-13-21(43-19)23-25-27(37-45-35-25)24(28-26(23)36-46-38-28)22-14-12-20(44-22)16-5-9-18(10-6-16)42-30(33,34)40-2/h3-14H,1-2H3. The predicted octanol–water partition coefficient (Wildman–Crippen LogP) is 10.4. The van der Waals surface area contributed by atoms with Crippen molar-refractivity contribution in [3.8, 4) is 53.3 Å². The molecule has 3 aromatic carbocycles. The smallest absolute Gasteiger partial charge is 0.409 e. The third-order valence-electron chi connectivity index (χ3n) is 6.86. The lowest BCUT2D eigenvalue weighted by Crippen LogP contribution is -2.26. The van der Waals surface area contributed by atoms with Gasteiger partial charge in [-0.2, -0.15) is 17.5 Å². The van der Waals surface area contributed by atoms with Crippen LogP contribution in [0.3, 0.4) is 0 Å². The molecule has 0 atom stereocenters. The summed E-state index contributed by atoms with van der Waals surface area (Å²) in [6, 6.07) is 20.5. The van der Waals surface area contributed by atoms with E-state index in [0.717, 1.165) is 79.1 Å². The topological polar surface area (TPSA) is 87.4 Å². The number of alkyl halides is 4. The molecule has 0 spiro atoms. The maximum absolute atomic E-state index is 13.4. The van der Waals surface area contributed by atoms with Crippen LogP contribution in [-0.2, 0) is 20.8 Å². The highest BCUT2D eigenvalue weighted by Gasteiger charge is 2.33. The number of methoxy groups -OCH3 is 2. The normalized spacial score (nSPS) is 12.8. The minimum atomic E-state index is -3.72. The van der Waals surface area contributed by atoms with Crippen LogP contribution in [0.1, 0.15) is 0 Å². The summed E-state index contributed by atoms with van der Waals surface area (Å²) in [5, 5.41) is 0. The first-order chi connectivity index (χ1) is 22.1. The highest BCUT2D eigenvalue weighted by molar-refractivity contribution is 7.58. The van der Waals surface area contributed by atoms with Crippen LogP contribution in [0.2, 0.25) is 0 Å². The number of benzene rings is 3. The monoisotopic (exact) mass is 702 g/mol. The molecule has 16 heteroatoms. The Bertz CT molecular complexity index is 1990. The summed E-state index contributed by atoms with van der Waals surface area (Å²) in [6.45, 7) is 0. The number of aromatic nitrogens is 2. The van der Waals surface area contributed by atoms with Gasteiger partial charge in [0.2, 0.25) is 0 Å². The summed E-state index contributed by atoms with van der Waals surface area (Å²) in [5.74, 6) is -0.0500. The van der Waals surface area contributed by atoms with E-state index in [1.807, 2.05) is 24.3 Å². The number of halogens is 4. The van der Waals surface area contributed by atoms with Crippen molar-refractivity contribution in [1.29, 1.82) is 0 Å². The Labute approximate surface area is 274 Å². The summed E-state index contributed by atoms with van der Waals surface area (Å²) in [7, 11) is 1.73. The van der Waals surface area contributed by atoms with E-state index < -0.39 is 12.6 Å². The van der Waals surface area contributed by atoms with Gasteiger partial charge in [0.15, 0.2) is 0 Å². The molecule has 6 aromatic rings. The molecule has 0 unspecified atom stereocenters. The van der Waals surface area contributed by atoms with Crippen LogP contribution in [0.15, 0.2) is 81.5 Å². The van der Waals surface area contributed by atoms with Gasteiger partial charge in [-0.25, -0.2) is 0 Å². The van der Waals surface area contributed by atoms with Gasteiger partial charge in [0.05, 0.1) is 23.1 Å². The van der Waals surface area contributed by atoms with Crippen molar-refractivity contribution < 1.29 is 36.5 Å². The van der Waals surface area contributed by atoms with Crippen molar-refractivity contribution in [2.24, 2.45) is 8.73 Å². The Morgan fingerprint density at radius 1 is 0.543 bits per heavy atom. The summed E-state index contributed by atoms with van der Waals surface area (Å²) >= 11 is 5.20. The van der Waals surface area contributed by atoms with E-state index in [4.69, 9.17) is 0 Å². The molecule has 0 bridgehead atoms. The van der Waals surface area contributed by atoms with E-state index in [1.165, 1.54) is 46.9 Å². The molecule has 46 heavy (non-hydrogen) atoms. The molecule has 0 saturated carbocycles. The highest BCUT2D eigenvalue weighted by Crippen LogP contribution is 2.54. The zero-order chi connectivity index (χ0) is 32.1. The van der Waals surface area contributed by atoms with E-state index in [9.17, 15) is 17.6 Å². The first-order valence-electron chi connectivity index (χ1n) is 13.2. The molecule has 0 fully saturated rings. The van der Waals surface area contributed by atoms with Crippen LogP contribution in [0.25, 0.3) is 52.8 Å². The third kappa shape index (κ3) is 5.83. The summed E-state index contributed by atoms with van der Waals surface area (Å²) < 4.78 is 89.6. The zero-order valence-electron chi connectivity index (χ0n) is 23.5. The lowest BCUT2D eigenvalue weighted by molar-refractivity contribution is -0.342. The number of nitrogens with zero attached hydrogens (tertiary/aromatic N) is 4. The molecule has 4 heterocycles. The lowest BCUT2D eigenvalue weighted by Gasteiger charge is -2.14. The van der Waals surface area contributed by atoms with Crippen molar-refractivity contribution >= 4 is 68.2 Å². The van der Waals surface area contributed by atoms with Crippen LogP contribution in [0.5, 0.6) is 11.5 Å². The van der Waals surface area contributed by atoms with Crippen LogP contribution in [0, 0.1) is 0 Å². The van der Waals surface area contributed by atoms with Crippen molar-refractivity contribution in [3.63, 3.8) is 0 Å². The fraction of sp³-hybridized carbons (Fsp3) is 0.133. The Morgan fingerprint density at radius 2 is 0.935 bits per heavy atom. The SMILES string of the molecule is COC(F)(F)Oc1ccc(-c2ccc(-c3c4c(c(-c5ccc(-c6ccc(OC(F)(F)OC)cc6)s5)c5nsnc35)N=S=N4)s2)cc1. The molecule has 0 N–H and O–H groups in total. The fourth-order valence-electron chi connectivity index (χ4n) is 4.71. The number of ether oxygens (including phenoxy) is 4. The van der Waals surface area contributed by atoms with Crippen LogP contribution in [-0.4, -0.2) is 35.6 Å². The minimum Gasteiger partial charge on any atom is -0.409 e. The summed E-state index contributed by atoms with van der Waals surface area (Å²) in [4.78, 5) is 3.61. The van der Waals surface area contributed by atoms with Gasteiger partial charge in [-0.1, -0.05) is 0 Å². The molecular formula is C30H18F4N4O4S4. The molecule has 8 nitrogen and oxygen atoms in total. The van der Waals surface area contributed by atoms with Gasteiger partial charge < -0.3 is 9.47 Å². The van der Waals surface area contributed by atoms with E-state index >= 15 is 0 Å². The molecule has 1 aliphatic heterocycles. The molecule has 0 saturated heterocycles. The average molecular weight is 703 g/mol. The second kappa shape index (κ2) is 11.9. The minimum absolute atomic E-state index is 0.0250. The van der Waals surface area contributed by atoms with Gasteiger partial charge in [0, 0.05) is 44.9 Å². The Hall–Kier alpha value is -4.06.